The molecule has 1 rings (SSSR count). The molecule has 4 nitrogen and oxygen atoms in total. The molecular weight excluding hydrogens is 158 g/mol. The number of aliphatic hydroxyl groups is 1. The predicted molar refractivity (Wildman–Crippen MR) is 43.5 cm³/mol. The lowest BCUT2D eigenvalue weighted by Crippen LogP contribution is -2.29. The van der Waals surface area contributed by atoms with Gasteiger partial charge in [-0.2, -0.15) is 0 Å². The summed E-state index contributed by atoms with van der Waals surface area (Å²) in [6.45, 7) is -0.126. The van der Waals surface area contributed by atoms with Crippen molar-refractivity contribution in [3.8, 4) is 0 Å². The van der Waals surface area contributed by atoms with E-state index in [2.05, 4.69) is 0 Å². The lowest BCUT2D eigenvalue weighted by molar-refractivity contribution is 0.0392. The molecule has 1 saturated carbocycles. The van der Waals surface area contributed by atoms with Crippen LogP contribution in [-0.2, 0) is 4.74 Å². The molecule has 0 saturated heterocycles. The second-order valence-electron chi connectivity index (χ2n) is 3.27. The molecule has 1 fully saturated rings. The van der Waals surface area contributed by atoms with Crippen LogP contribution in [0, 0.1) is 5.92 Å². The van der Waals surface area contributed by atoms with Gasteiger partial charge in [0.05, 0.1) is 6.61 Å². The van der Waals surface area contributed by atoms with Crippen molar-refractivity contribution in [1.29, 1.82) is 0 Å². The van der Waals surface area contributed by atoms with Crippen LogP contribution in [0.25, 0.3) is 0 Å². The summed E-state index contributed by atoms with van der Waals surface area (Å²) >= 11 is 0. The zero-order chi connectivity index (χ0) is 8.97. The fourth-order valence-electron chi connectivity index (χ4n) is 1.42. The van der Waals surface area contributed by atoms with Crippen LogP contribution in [0.4, 0.5) is 4.79 Å². The summed E-state index contributed by atoms with van der Waals surface area (Å²) in [6.07, 6.45) is 3.16. The van der Waals surface area contributed by atoms with Gasteiger partial charge in [0.25, 0.3) is 0 Å². The third-order valence-electron chi connectivity index (χ3n) is 2.31. The number of hydrogen-bond acceptors (Lipinski definition) is 3. The maximum Gasteiger partial charge on any atom is 0.404 e. The highest BCUT2D eigenvalue weighted by Gasteiger charge is 2.23. The molecule has 0 bridgehead atoms. The minimum atomic E-state index is -0.798. The minimum absolute atomic E-state index is 0.126. The Bertz CT molecular complexity index is 156. The van der Waals surface area contributed by atoms with Gasteiger partial charge in [0.15, 0.2) is 0 Å². The van der Waals surface area contributed by atoms with Crippen LogP contribution in [0.5, 0.6) is 0 Å². The molecular formula is C8H15NO3. The Morgan fingerprint density at radius 3 is 2.67 bits per heavy atom. The number of ether oxygens (including phenoxy) is 1. The summed E-state index contributed by atoms with van der Waals surface area (Å²) in [5.74, 6) is 0.612. The van der Waals surface area contributed by atoms with E-state index in [9.17, 15) is 4.79 Å². The van der Waals surface area contributed by atoms with Crippen LogP contribution in [0.1, 0.15) is 25.7 Å². The summed E-state index contributed by atoms with van der Waals surface area (Å²) in [5.41, 5.74) is 4.83. The first-order valence-corrected chi connectivity index (χ1v) is 4.29. The van der Waals surface area contributed by atoms with Crippen molar-refractivity contribution in [3.63, 3.8) is 0 Å². The Morgan fingerprint density at radius 1 is 1.67 bits per heavy atom. The molecule has 0 spiro atoms. The molecule has 3 N–H and O–H groups in total. The van der Waals surface area contributed by atoms with Crippen LogP contribution in [0.15, 0.2) is 0 Å². The van der Waals surface area contributed by atoms with Gasteiger partial charge in [-0.3, -0.25) is 0 Å². The van der Waals surface area contributed by atoms with Gasteiger partial charge in [-0.25, -0.2) is 4.79 Å². The van der Waals surface area contributed by atoms with Gasteiger partial charge in [0, 0.05) is 0 Å². The van der Waals surface area contributed by atoms with Gasteiger partial charge in [0.1, 0.15) is 6.10 Å². The van der Waals surface area contributed by atoms with Crippen LogP contribution >= 0.6 is 0 Å². The summed E-state index contributed by atoms with van der Waals surface area (Å²) in [6, 6.07) is 0. The van der Waals surface area contributed by atoms with E-state index < -0.39 is 12.2 Å². The average Bonchev–Trinajstić information content (AvgIpc) is 1.93. The molecule has 0 aliphatic heterocycles. The molecule has 0 radical (unpaired) electrons. The fraction of sp³-hybridized carbons (Fsp3) is 0.875. The Labute approximate surface area is 71.7 Å². The van der Waals surface area contributed by atoms with E-state index in [4.69, 9.17) is 15.6 Å². The topological polar surface area (TPSA) is 72.6 Å². The van der Waals surface area contributed by atoms with Crippen molar-refractivity contribution in [2.24, 2.45) is 11.7 Å². The molecule has 1 amide bonds. The van der Waals surface area contributed by atoms with Gasteiger partial charge in [-0.15, -0.1) is 0 Å². The van der Waals surface area contributed by atoms with Crippen molar-refractivity contribution in [3.05, 3.63) is 0 Å². The smallest absolute Gasteiger partial charge is 0.404 e. The average molecular weight is 173 g/mol. The van der Waals surface area contributed by atoms with Crippen LogP contribution in [-0.4, -0.2) is 23.9 Å². The second-order valence-corrected chi connectivity index (χ2v) is 3.27. The van der Waals surface area contributed by atoms with Gasteiger partial charge in [-0.05, 0) is 12.3 Å². The SMILES string of the molecule is NC(=O)OC(CO)CC1CCC1. The predicted octanol–water partition coefficient (Wildman–Crippen LogP) is 0.633. The van der Waals surface area contributed by atoms with E-state index in [0.29, 0.717) is 5.92 Å². The van der Waals surface area contributed by atoms with Gasteiger partial charge < -0.3 is 15.6 Å². The summed E-state index contributed by atoms with van der Waals surface area (Å²) in [5, 5.41) is 8.81. The number of amides is 1. The molecule has 0 aromatic carbocycles. The van der Waals surface area contributed by atoms with E-state index in [0.717, 1.165) is 6.42 Å². The highest BCUT2D eigenvalue weighted by molar-refractivity contribution is 5.64. The number of hydrogen-bond donors (Lipinski definition) is 2. The van der Waals surface area contributed by atoms with E-state index >= 15 is 0 Å². The Balaban J connectivity index is 2.19. The largest absolute Gasteiger partial charge is 0.444 e. The fourth-order valence-corrected chi connectivity index (χ4v) is 1.42. The lowest BCUT2D eigenvalue weighted by Gasteiger charge is -2.28. The third kappa shape index (κ3) is 2.70. The Hall–Kier alpha value is -0.770. The molecule has 12 heavy (non-hydrogen) atoms. The number of aliphatic hydroxyl groups excluding tert-OH is 1. The standard InChI is InChI=1S/C8H15NO3/c9-8(11)12-7(5-10)4-6-2-1-3-6/h6-7,10H,1-5H2,(H2,9,11). The lowest BCUT2D eigenvalue weighted by atomic mass is 9.81. The maximum atomic E-state index is 10.3. The highest BCUT2D eigenvalue weighted by Crippen LogP contribution is 2.30. The Kier molecular flexibility index (Phi) is 3.34. The number of primary amides is 1. The zero-order valence-electron chi connectivity index (χ0n) is 7.03. The van der Waals surface area contributed by atoms with Gasteiger partial charge in [-0.1, -0.05) is 19.3 Å². The normalized spacial score (nSPS) is 19.8. The monoisotopic (exact) mass is 173 g/mol. The molecule has 4 heteroatoms. The zero-order valence-corrected chi connectivity index (χ0v) is 7.03. The van der Waals surface area contributed by atoms with Crippen molar-refractivity contribution in [2.45, 2.75) is 31.8 Å². The molecule has 0 aromatic heterocycles. The summed E-state index contributed by atoms with van der Waals surface area (Å²) < 4.78 is 4.69. The number of nitrogens with two attached hydrogens (primary N) is 1. The van der Waals surface area contributed by atoms with E-state index in [1.54, 1.807) is 0 Å². The number of carbonyl (C=O) groups is 1. The number of carbonyl (C=O) groups excluding carboxylic acids is 1. The van der Waals surface area contributed by atoms with E-state index in [1.807, 2.05) is 0 Å². The molecule has 1 unspecified atom stereocenters. The van der Waals surface area contributed by atoms with Crippen LogP contribution in [0.3, 0.4) is 0 Å². The third-order valence-corrected chi connectivity index (χ3v) is 2.31. The first kappa shape index (κ1) is 9.32. The molecule has 1 aliphatic rings. The first-order valence-electron chi connectivity index (χ1n) is 4.29. The second kappa shape index (κ2) is 4.30. The van der Waals surface area contributed by atoms with Crippen molar-refractivity contribution in [1.82, 2.24) is 0 Å². The van der Waals surface area contributed by atoms with Gasteiger partial charge >= 0.3 is 6.09 Å². The highest BCUT2D eigenvalue weighted by atomic mass is 16.6. The summed E-state index contributed by atoms with van der Waals surface area (Å²) in [7, 11) is 0. The van der Waals surface area contributed by atoms with Gasteiger partial charge in [0.2, 0.25) is 0 Å². The van der Waals surface area contributed by atoms with E-state index in [1.165, 1.54) is 19.3 Å². The first-order chi connectivity index (χ1) is 5.72. The maximum absolute atomic E-state index is 10.3. The molecule has 70 valence electrons. The molecule has 1 aliphatic carbocycles. The molecule has 0 aromatic rings. The molecule has 0 heterocycles. The van der Waals surface area contributed by atoms with Crippen LogP contribution < -0.4 is 5.73 Å². The van der Waals surface area contributed by atoms with Crippen molar-refractivity contribution < 1.29 is 14.6 Å². The van der Waals surface area contributed by atoms with Crippen molar-refractivity contribution >= 4 is 6.09 Å². The quantitative estimate of drug-likeness (QED) is 0.655. The minimum Gasteiger partial charge on any atom is -0.444 e. The van der Waals surface area contributed by atoms with E-state index in [-0.39, 0.29) is 6.61 Å². The molecule has 1 atom stereocenters. The van der Waals surface area contributed by atoms with Crippen LogP contribution in [0.2, 0.25) is 0 Å². The van der Waals surface area contributed by atoms with Crippen molar-refractivity contribution in [2.75, 3.05) is 6.61 Å². The number of rotatable bonds is 4. The Morgan fingerprint density at radius 2 is 2.33 bits per heavy atom. The summed E-state index contributed by atoms with van der Waals surface area (Å²) in [4.78, 5) is 10.3.